The zero-order valence-electron chi connectivity index (χ0n) is 12.7. The number of allylic oxidation sites excluding steroid dienone is 4. The lowest BCUT2D eigenvalue weighted by molar-refractivity contribution is 0.128. The van der Waals surface area contributed by atoms with E-state index in [0.717, 1.165) is 12.2 Å². The summed E-state index contributed by atoms with van der Waals surface area (Å²) in [5.41, 5.74) is 2.43. The third-order valence-corrected chi connectivity index (χ3v) is 3.47. The zero-order chi connectivity index (χ0) is 14.1. The molecule has 1 nitrogen and oxygen atoms in total. The van der Waals surface area contributed by atoms with Crippen molar-refractivity contribution in [3.8, 4) is 5.75 Å². The van der Waals surface area contributed by atoms with Gasteiger partial charge in [0, 0.05) is 11.0 Å². The van der Waals surface area contributed by atoms with E-state index in [4.69, 9.17) is 4.74 Å². The van der Waals surface area contributed by atoms with Gasteiger partial charge < -0.3 is 4.74 Å². The third kappa shape index (κ3) is 3.09. The minimum atomic E-state index is -0.175. The van der Waals surface area contributed by atoms with E-state index in [1.807, 2.05) is 6.07 Å². The molecule has 0 N–H and O–H groups in total. The summed E-state index contributed by atoms with van der Waals surface area (Å²) in [6.07, 6.45) is 7.78. The number of hydrogen-bond donors (Lipinski definition) is 0. The van der Waals surface area contributed by atoms with E-state index in [2.05, 4.69) is 71.0 Å². The molecule has 0 amide bonds. The molecule has 0 heterocycles. The van der Waals surface area contributed by atoms with Crippen LogP contribution in [0.25, 0.3) is 0 Å². The Balaban J connectivity index is 2.42. The van der Waals surface area contributed by atoms with Gasteiger partial charge in [-0.05, 0) is 38.8 Å². The van der Waals surface area contributed by atoms with Gasteiger partial charge in [0.25, 0.3) is 0 Å². The number of benzene rings is 1. The van der Waals surface area contributed by atoms with E-state index < -0.39 is 0 Å². The summed E-state index contributed by atoms with van der Waals surface area (Å²) < 4.78 is 6.13. The van der Waals surface area contributed by atoms with Crippen molar-refractivity contribution < 1.29 is 4.74 Å². The predicted octanol–water partition coefficient (Wildman–Crippen LogP) is 5.03. The number of para-hydroxylation sites is 1. The van der Waals surface area contributed by atoms with Gasteiger partial charge in [-0.15, -0.1) is 0 Å². The Bertz CT molecular complexity index is 513. The molecule has 0 aliphatic heterocycles. The highest BCUT2D eigenvalue weighted by molar-refractivity contribution is 5.49. The molecule has 0 unspecified atom stereocenters. The fourth-order valence-electron chi connectivity index (χ4n) is 2.48. The SMILES string of the molecule is CC(C)(C)Oc1ccccc1C(C)(C)C1=CCC=C1. The molecule has 0 saturated heterocycles. The number of rotatable bonds is 3. The first-order valence-corrected chi connectivity index (χ1v) is 6.96. The first-order valence-electron chi connectivity index (χ1n) is 6.96. The van der Waals surface area contributed by atoms with Gasteiger partial charge in [-0.25, -0.2) is 0 Å². The van der Waals surface area contributed by atoms with Gasteiger partial charge in [-0.1, -0.05) is 50.3 Å². The number of ether oxygens (including phenoxy) is 1. The van der Waals surface area contributed by atoms with Crippen LogP contribution in [0.2, 0.25) is 0 Å². The Hall–Kier alpha value is -1.50. The molecule has 2 rings (SSSR count). The topological polar surface area (TPSA) is 9.23 Å². The van der Waals surface area contributed by atoms with Gasteiger partial charge in [-0.2, -0.15) is 0 Å². The van der Waals surface area contributed by atoms with Gasteiger partial charge >= 0.3 is 0 Å². The van der Waals surface area contributed by atoms with E-state index >= 15 is 0 Å². The maximum atomic E-state index is 6.13. The van der Waals surface area contributed by atoms with E-state index in [1.165, 1.54) is 11.1 Å². The lowest BCUT2D eigenvalue weighted by Crippen LogP contribution is -2.26. The number of hydrogen-bond acceptors (Lipinski definition) is 1. The first-order chi connectivity index (χ1) is 8.81. The molecule has 1 heteroatoms. The Morgan fingerprint density at radius 2 is 1.68 bits per heavy atom. The summed E-state index contributed by atoms with van der Waals surface area (Å²) in [6, 6.07) is 8.38. The van der Waals surface area contributed by atoms with E-state index in [9.17, 15) is 0 Å². The average molecular weight is 256 g/mol. The van der Waals surface area contributed by atoms with Crippen LogP contribution in [0.3, 0.4) is 0 Å². The molecule has 19 heavy (non-hydrogen) atoms. The minimum absolute atomic E-state index is 0.0190. The van der Waals surface area contributed by atoms with Crippen molar-refractivity contribution in [2.24, 2.45) is 0 Å². The van der Waals surface area contributed by atoms with Crippen molar-refractivity contribution in [2.45, 2.75) is 52.1 Å². The highest BCUT2D eigenvalue weighted by atomic mass is 16.5. The summed E-state index contributed by atoms with van der Waals surface area (Å²) >= 11 is 0. The van der Waals surface area contributed by atoms with Crippen LogP contribution in [0.1, 0.15) is 46.6 Å². The van der Waals surface area contributed by atoms with Crippen molar-refractivity contribution >= 4 is 0 Å². The van der Waals surface area contributed by atoms with Crippen LogP contribution < -0.4 is 4.74 Å². The molecule has 102 valence electrons. The first kappa shape index (κ1) is 13.9. The summed E-state index contributed by atoms with van der Waals surface area (Å²) in [7, 11) is 0. The Kier molecular flexibility index (Phi) is 3.58. The summed E-state index contributed by atoms with van der Waals surface area (Å²) in [6.45, 7) is 10.8. The molecule has 1 aromatic rings. The van der Waals surface area contributed by atoms with Gasteiger partial charge in [0.15, 0.2) is 0 Å². The normalized spacial score (nSPS) is 15.5. The molecule has 0 fully saturated rings. The quantitative estimate of drug-likeness (QED) is 0.737. The van der Waals surface area contributed by atoms with Crippen molar-refractivity contribution in [3.63, 3.8) is 0 Å². The van der Waals surface area contributed by atoms with Crippen LogP contribution in [0, 0.1) is 0 Å². The molecule has 0 bridgehead atoms. The molecular weight excluding hydrogens is 232 g/mol. The molecule has 1 aromatic carbocycles. The lowest BCUT2D eigenvalue weighted by atomic mass is 9.77. The fraction of sp³-hybridized carbons (Fsp3) is 0.444. The molecule has 0 spiro atoms. The maximum absolute atomic E-state index is 6.13. The predicted molar refractivity (Wildman–Crippen MR) is 81.7 cm³/mol. The van der Waals surface area contributed by atoms with Crippen LogP contribution in [0.4, 0.5) is 0 Å². The van der Waals surface area contributed by atoms with Crippen LogP contribution in [-0.4, -0.2) is 5.60 Å². The van der Waals surface area contributed by atoms with Crippen LogP contribution in [0.15, 0.2) is 48.1 Å². The van der Waals surface area contributed by atoms with Crippen molar-refractivity contribution in [2.75, 3.05) is 0 Å². The lowest BCUT2D eigenvalue weighted by Gasteiger charge is -2.31. The second-order valence-electron chi connectivity index (χ2n) is 6.63. The Labute approximate surface area is 117 Å². The second kappa shape index (κ2) is 4.88. The summed E-state index contributed by atoms with van der Waals surface area (Å²) in [5, 5.41) is 0. The zero-order valence-corrected chi connectivity index (χ0v) is 12.7. The molecular formula is C18H24O. The monoisotopic (exact) mass is 256 g/mol. The van der Waals surface area contributed by atoms with E-state index in [0.29, 0.717) is 0 Å². The van der Waals surface area contributed by atoms with Crippen molar-refractivity contribution in [1.29, 1.82) is 0 Å². The largest absolute Gasteiger partial charge is 0.488 e. The molecule has 1 aliphatic carbocycles. The molecule has 0 aromatic heterocycles. The molecule has 0 saturated carbocycles. The Morgan fingerprint density at radius 1 is 1.00 bits per heavy atom. The van der Waals surface area contributed by atoms with Gasteiger partial charge in [0.1, 0.15) is 11.4 Å². The second-order valence-corrected chi connectivity index (χ2v) is 6.63. The maximum Gasteiger partial charge on any atom is 0.124 e. The standard InChI is InChI=1S/C18H24O/c1-17(2,3)19-16-13-9-8-12-15(16)18(4,5)14-10-6-7-11-14/h6,8-13H,7H2,1-5H3. The molecule has 0 atom stereocenters. The van der Waals surface area contributed by atoms with Crippen LogP contribution in [0.5, 0.6) is 5.75 Å². The summed E-state index contributed by atoms with van der Waals surface area (Å²) in [5.74, 6) is 0.987. The summed E-state index contributed by atoms with van der Waals surface area (Å²) in [4.78, 5) is 0. The highest BCUT2D eigenvalue weighted by Gasteiger charge is 2.29. The highest BCUT2D eigenvalue weighted by Crippen LogP contribution is 2.40. The van der Waals surface area contributed by atoms with Crippen LogP contribution >= 0.6 is 0 Å². The Morgan fingerprint density at radius 3 is 2.26 bits per heavy atom. The van der Waals surface area contributed by atoms with E-state index in [-0.39, 0.29) is 11.0 Å². The molecule has 1 aliphatic rings. The third-order valence-electron chi connectivity index (χ3n) is 3.47. The van der Waals surface area contributed by atoms with Crippen LogP contribution in [-0.2, 0) is 5.41 Å². The smallest absolute Gasteiger partial charge is 0.124 e. The van der Waals surface area contributed by atoms with Crippen molar-refractivity contribution in [3.05, 3.63) is 53.6 Å². The van der Waals surface area contributed by atoms with Crippen molar-refractivity contribution in [1.82, 2.24) is 0 Å². The van der Waals surface area contributed by atoms with Gasteiger partial charge in [-0.3, -0.25) is 0 Å². The van der Waals surface area contributed by atoms with E-state index in [1.54, 1.807) is 0 Å². The van der Waals surface area contributed by atoms with Gasteiger partial charge in [0.2, 0.25) is 0 Å². The minimum Gasteiger partial charge on any atom is -0.488 e. The molecule has 0 radical (unpaired) electrons. The fourth-order valence-corrected chi connectivity index (χ4v) is 2.48. The average Bonchev–Trinajstić information content (AvgIpc) is 2.81. The van der Waals surface area contributed by atoms with Gasteiger partial charge in [0.05, 0.1) is 0 Å².